The third-order valence-electron chi connectivity index (χ3n) is 4.97. The van der Waals surface area contributed by atoms with Gasteiger partial charge in [-0.1, -0.05) is 31.2 Å². The van der Waals surface area contributed by atoms with Gasteiger partial charge in [0.1, 0.15) is 5.52 Å². The predicted octanol–water partition coefficient (Wildman–Crippen LogP) is 4.07. The van der Waals surface area contributed by atoms with Crippen LogP contribution in [-0.4, -0.2) is 32.4 Å². The largest absolute Gasteiger partial charge is 0.296 e. The van der Waals surface area contributed by atoms with Crippen molar-refractivity contribution in [3.63, 3.8) is 0 Å². The van der Waals surface area contributed by atoms with E-state index < -0.39 is 0 Å². The first-order valence-corrected chi connectivity index (χ1v) is 8.73. The van der Waals surface area contributed by atoms with Crippen LogP contribution in [0.3, 0.4) is 0 Å². The van der Waals surface area contributed by atoms with Gasteiger partial charge in [0.25, 0.3) is 0 Å². The first kappa shape index (κ1) is 15.2. The lowest BCUT2D eigenvalue weighted by atomic mass is 10.0. The van der Waals surface area contributed by atoms with Crippen molar-refractivity contribution in [2.45, 2.75) is 38.8 Å². The maximum atomic E-state index is 4.40. The summed E-state index contributed by atoms with van der Waals surface area (Å²) < 4.78 is 0. The van der Waals surface area contributed by atoms with E-state index in [1.165, 1.54) is 36.9 Å². The third-order valence-corrected chi connectivity index (χ3v) is 4.97. The fourth-order valence-electron chi connectivity index (χ4n) is 3.62. The van der Waals surface area contributed by atoms with Crippen LogP contribution in [0.25, 0.3) is 22.3 Å². The summed E-state index contributed by atoms with van der Waals surface area (Å²) in [6.07, 6.45) is 9.18. The number of hydrogen-bond acceptors (Lipinski definition) is 4. The third kappa shape index (κ3) is 3.02. The van der Waals surface area contributed by atoms with Gasteiger partial charge in [0.15, 0.2) is 5.65 Å². The lowest BCUT2D eigenvalue weighted by Crippen LogP contribution is -2.28. The van der Waals surface area contributed by atoms with Crippen LogP contribution in [0.4, 0.5) is 0 Å². The molecular weight excluding hydrogens is 296 g/mol. The van der Waals surface area contributed by atoms with E-state index in [1.807, 2.05) is 6.20 Å². The van der Waals surface area contributed by atoms with E-state index >= 15 is 0 Å². The number of pyridine rings is 1. The fraction of sp³-hybridized carbons (Fsp3) is 0.350. The number of hydrogen-bond donors (Lipinski definition) is 0. The number of aromatic nitrogens is 3. The van der Waals surface area contributed by atoms with Crippen molar-refractivity contribution in [3.8, 4) is 11.1 Å². The van der Waals surface area contributed by atoms with Crippen molar-refractivity contribution in [1.82, 2.24) is 19.9 Å². The highest BCUT2D eigenvalue weighted by molar-refractivity contribution is 5.77. The summed E-state index contributed by atoms with van der Waals surface area (Å²) in [5, 5.41) is 0. The standard InChI is InChI=1S/C20H22N4/c1-2-18-4-3-11-24(18)14-15-5-7-16(8-6-15)17-12-19-20(23-13-17)22-10-9-21-19/h5-10,12-13,18H,2-4,11,14H2,1H3. The van der Waals surface area contributed by atoms with Gasteiger partial charge in [-0.15, -0.1) is 0 Å². The van der Waals surface area contributed by atoms with Crippen molar-refractivity contribution >= 4 is 11.2 Å². The zero-order chi connectivity index (χ0) is 16.4. The summed E-state index contributed by atoms with van der Waals surface area (Å²) in [5.41, 5.74) is 5.17. The Morgan fingerprint density at radius 2 is 1.88 bits per heavy atom. The van der Waals surface area contributed by atoms with E-state index in [-0.39, 0.29) is 0 Å². The molecule has 0 spiro atoms. The number of benzene rings is 1. The van der Waals surface area contributed by atoms with Crippen LogP contribution < -0.4 is 0 Å². The van der Waals surface area contributed by atoms with Crippen molar-refractivity contribution in [3.05, 3.63) is 54.5 Å². The number of rotatable bonds is 4. The minimum Gasteiger partial charge on any atom is -0.296 e. The molecule has 1 aliphatic heterocycles. The van der Waals surface area contributed by atoms with Gasteiger partial charge < -0.3 is 0 Å². The average molecular weight is 318 g/mol. The first-order chi connectivity index (χ1) is 11.8. The minimum atomic E-state index is 0.692. The molecule has 1 aliphatic rings. The quantitative estimate of drug-likeness (QED) is 0.727. The van der Waals surface area contributed by atoms with E-state index in [1.54, 1.807) is 12.4 Å². The van der Waals surface area contributed by atoms with Crippen molar-refractivity contribution in [2.75, 3.05) is 6.54 Å². The molecule has 0 saturated carbocycles. The monoisotopic (exact) mass is 318 g/mol. The summed E-state index contributed by atoms with van der Waals surface area (Å²) in [6, 6.07) is 11.7. The van der Waals surface area contributed by atoms with E-state index in [0.29, 0.717) is 5.65 Å². The Hall–Kier alpha value is -2.33. The Bertz CT molecular complexity index is 828. The minimum absolute atomic E-state index is 0.692. The smallest absolute Gasteiger partial charge is 0.178 e. The molecule has 0 amide bonds. The van der Waals surface area contributed by atoms with E-state index in [2.05, 4.69) is 57.1 Å². The number of likely N-dealkylation sites (tertiary alicyclic amines) is 1. The SMILES string of the molecule is CCC1CCCN1Cc1ccc(-c2cnc3nccnc3c2)cc1. The van der Waals surface area contributed by atoms with Gasteiger partial charge in [-0.2, -0.15) is 0 Å². The van der Waals surface area contributed by atoms with E-state index in [9.17, 15) is 0 Å². The van der Waals surface area contributed by atoms with Gasteiger partial charge in [0.2, 0.25) is 0 Å². The zero-order valence-electron chi connectivity index (χ0n) is 14.0. The molecule has 2 aromatic heterocycles. The Balaban J connectivity index is 1.54. The Morgan fingerprint density at radius 3 is 2.71 bits per heavy atom. The second-order valence-electron chi connectivity index (χ2n) is 6.49. The average Bonchev–Trinajstić information content (AvgIpc) is 3.09. The first-order valence-electron chi connectivity index (χ1n) is 8.73. The molecule has 1 unspecified atom stereocenters. The predicted molar refractivity (Wildman–Crippen MR) is 96.5 cm³/mol. The molecular formula is C20H22N4. The summed E-state index contributed by atoms with van der Waals surface area (Å²) in [6.45, 7) is 4.58. The molecule has 1 saturated heterocycles. The summed E-state index contributed by atoms with van der Waals surface area (Å²) in [4.78, 5) is 15.6. The molecule has 0 radical (unpaired) electrons. The van der Waals surface area contributed by atoms with Gasteiger partial charge in [-0.05, 0) is 43.0 Å². The molecule has 4 nitrogen and oxygen atoms in total. The second kappa shape index (κ2) is 6.65. The molecule has 122 valence electrons. The van der Waals surface area contributed by atoms with E-state index in [4.69, 9.17) is 0 Å². The molecule has 4 heteroatoms. The van der Waals surface area contributed by atoms with Crippen molar-refractivity contribution < 1.29 is 0 Å². The summed E-state index contributed by atoms with van der Waals surface area (Å²) >= 11 is 0. The molecule has 0 aliphatic carbocycles. The Kier molecular flexibility index (Phi) is 4.22. The number of fused-ring (bicyclic) bond motifs is 1. The summed E-state index contributed by atoms with van der Waals surface area (Å²) in [7, 11) is 0. The molecule has 0 N–H and O–H groups in total. The van der Waals surface area contributed by atoms with Gasteiger partial charge in [0, 0.05) is 36.7 Å². The lowest BCUT2D eigenvalue weighted by molar-refractivity contribution is 0.240. The lowest BCUT2D eigenvalue weighted by Gasteiger charge is -2.23. The van der Waals surface area contributed by atoms with Crippen LogP contribution in [0.15, 0.2) is 48.9 Å². The Morgan fingerprint density at radius 1 is 1.04 bits per heavy atom. The highest BCUT2D eigenvalue weighted by atomic mass is 15.2. The maximum absolute atomic E-state index is 4.40. The van der Waals surface area contributed by atoms with Crippen LogP contribution in [0.2, 0.25) is 0 Å². The molecule has 1 aromatic carbocycles. The van der Waals surface area contributed by atoms with Crippen LogP contribution in [0.5, 0.6) is 0 Å². The van der Waals surface area contributed by atoms with Gasteiger partial charge >= 0.3 is 0 Å². The maximum Gasteiger partial charge on any atom is 0.178 e. The molecule has 0 bridgehead atoms. The molecule has 1 atom stereocenters. The van der Waals surface area contributed by atoms with Gasteiger partial charge in [-0.25, -0.2) is 9.97 Å². The van der Waals surface area contributed by atoms with Gasteiger partial charge in [0.05, 0.1) is 0 Å². The highest BCUT2D eigenvalue weighted by Gasteiger charge is 2.22. The summed E-state index contributed by atoms with van der Waals surface area (Å²) in [5.74, 6) is 0. The topological polar surface area (TPSA) is 41.9 Å². The van der Waals surface area contributed by atoms with Crippen LogP contribution in [-0.2, 0) is 6.54 Å². The molecule has 24 heavy (non-hydrogen) atoms. The van der Waals surface area contributed by atoms with Crippen LogP contribution in [0.1, 0.15) is 31.7 Å². The Labute approximate surface area is 142 Å². The molecule has 3 heterocycles. The van der Waals surface area contributed by atoms with Crippen molar-refractivity contribution in [1.29, 1.82) is 0 Å². The highest BCUT2D eigenvalue weighted by Crippen LogP contribution is 2.25. The van der Waals surface area contributed by atoms with Crippen LogP contribution in [0, 0.1) is 0 Å². The van der Waals surface area contributed by atoms with Gasteiger partial charge in [-0.3, -0.25) is 9.88 Å². The number of nitrogens with zero attached hydrogens (tertiary/aromatic N) is 4. The molecule has 3 aromatic rings. The normalized spacial score (nSPS) is 18.3. The molecule has 4 rings (SSSR count). The zero-order valence-corrected chi connectivity index (χ0v) is 14.0. The fourth-order valence-corrected chi connectivity index (χ4v) is 3.62. The molecule has 1 fully saturated rings. The van der Waals surface area contributed by atoms with Crippen molar-refractivity contribution in [2.24, 2.45) is 0 Å². The van der Waals surface area contributed by atoms with Crippen LogP contribution >= 0.6 is 0 Å². The van der Waals surface area contributed by atoms with E-state index in [0.717, 1.165) is 23.7 Å². The second-order valence-corrected chi connectivity index (χ2v) is 6.49.